The van der Waals surface area contributed by atoms with Crippen molar-refractivity contribution in [1.82, 2.24) is 5.32 Å². The maximum atomic E-state index is 12.3. The highest BCUT2D eigenvalue weighted by Crippen LogP contribution is 2.17. The van der Waals surface area contributed by atoms with Gasteiger partial charge < -0.3 is 33.8 Å². The highest BCUT2D eigenvalue weighted by atomic mass is 127. The molecule has 0 heterocycles. The molecule has 0 aromatic heterocycles. The minimum atomic E-state index is -0.0819. The summed E-state index contributed by atoms with van der Waals surface area (Å²) >= 11 is 0. The van der Waals surface area contributed by atoms with E-state index in [-0.39, 0.29) is 35.8 Å². The fourth-order valence-corrected chi connectivity index (χ4v) is 2.64. The van der Waals surface area contributed by atoms with Gasteiger partial charge in [-0.2, -0.15) is 0 Å². The second-order valence-corrected chi connectivity index (χ2v) is 8.07. The Kier molecular flexibility index (Phi) is 10.8. The van der Waals surface area contributed by atoms with E-state index in [0.29, 0.717) is 5.92 Å². The van der Waals surface area contributed by atoms with Gasteiger partial charge in [-0.15, -0.1) is 0 Å². The molecule has 138 valence electrons. The Morgan fingerprint density at radius 1 is 1.04 bits per heavy atom. The molecule has 1 atom stereocenters. The lowest BCUT2D eigenvalue weighted by Gasteiger charge is -2.23. The number of nitrogens with one attached hydrogen (secondary N) is 1. The van der Waals surface area contributed by atoms with Crippen LogP contribution in [0.5, 0.6) is 0 Å². The van der Waals surface area contributed by atoms with E-state index in [2.05, 4.69) is 64.6 Å². The van der Waals surface area contributed by atoms with Crippen molar-refractivity contribution in [3.8, 4) is 0 Å². The molecule has 0 aliphatic heterocycles. The van der Waals surface area contributed by atoms with Gasteiger partial charge in [0.1, 0.15) is 0 Å². The molecule has 1 unspecified atom stereocenters. The van der Waals surface area contributed by atoms with Crippen molar-refractivity contribution in [2.45, 2.75) is 46.0 Å². The number of rotatable bonds is 9. The Bertz CT molecular complexity index is 477. The van der Waals surface area contributed by atoms with Crippen LogP contribution in [-0.2, 0) is 11.2 Å². The number of hydrogen-bond donors (Lipinski definition) is 1. The summed E-state index contributed by atoms with van der Waals surface area (Å²) < 4.78 is 0.979. The summed E-state index contributed by atoms with van der Waals surface area (Å²) in [5.41, 5.74) is 2.44. The molecular weight excluding hydrogens is 411 g/mol. The van der Waals surface area contributed by atoms with Gasteiger partial charge in [-0.3, -0.25) is 4.79 Å². The van der Waals surface area contributed by atoms with Gasteiger partial charge >= 0.3 is 0 Å². The summed E-state index contributed by atoms with van der Waals surface area (Å²) in [5, 5.41) is 3.07. The number of nitrogens with zero attached hydrogens (tertiary/aromatic N) is 1. The number of hydrogen-bond acceptors (Lipinski definition) is 1. The van der Waals surface area contributed by atoms with E-state index in [9.17, 15) is 4.79 Å². The second kappa shape index (κ2) is 11.1. The number of carbonyl (C=O) groups is 1. The molecule has 0 bridgehead atoms. The largest absolute Gasteiger partial charge is 1.00 e. The standard InChI is InChI=1S/C20H34N2O.HI/c1-16(2)15-18-9-11-19(12-10-18)17(3)20(23)21-13-7-8-14-22(4,5)6;/h9-12,16-17H,7-8,13-15H2,1-6H3;1H. The van der Waals surface area contributed by atoms with Gasteiger partial charge in [-0.25, -0.2) is 0 Å². The molecule has 0 radical (unpaired) electrons. The summed E-state index contributed by atoms with van der Waals surface area (Å²) in [6.07, 6.45) is 3.27. The summed E-state index contributed by atoms with van der Waals surface area (Å²) in [6.45, 7) is 8.35. The van der Waals surface area contributed by atoms with Crippen molar-refractivity contribution in [2.75, 3.05) is 34.2 Å². The lowest BCUT2D eigenvalue weighted by molar-refractivity contribution is -0.870. The molecule has 1 rings (SSSR count). The number of halogens is 1. The van der Waals surface area contributed by atoms with Crippen molar-refractivity contribution in [3.05, 3.63) is 35.4 Å². The monoisotopic (exact) mass is 446 g/mol. The second-order valence-electron chi connectivity index (χ2n) is 8.07. The van der Waals surface area contributed by atoms with Crippen LogP contribution in [0.4, 0.5) is 0 Å². The van der Waals surface area contributed by atoms with Crippen LogP contribution in [0.15, 0.2) is 24.3 Å². The van der Waals surface area contributed by atoms with Gasteiger partial charge in [0.25, 0.3) is 0 Å². The first-order valence-corrected chi connectivity index (χ1v) is 8.86. The summed E-state index contributed by atoms with van der Waals surface area (Å²) in [6, 6.07) is 8.50. The predicted molar refractivity (Wildman–Crippen MR) is 98.5 cm³/mol. The van der Waals surface area contributed by atoms with Crippen LogP contribution in [0.1, 0.15) is 50.7 Å². The predicted octanol–water partition coefficient (Wildman–Crippen LogP) is 0.595. The molecule has 0 fully saturated rings. The molecule has 1 aromatic carbocycles. The number of amides is 1. The molecule has 0 saturated heterocycles. The normalized spacial score (nSPS) is 12.6. The van der Waals surface area contributed by atoms with Crippen LogP contribution in [0, 0.1) is 5.92 Å². The number of carbonyl (C=O) groups excluding carboxylic acids is 1. The van der Waals surface area contributed by atoms with Crippen LogP contribution in [0.2, 0.25) is 0 Å². The van der Waals surface area contributed by atoms with E-state index in [1.165, 1.54) is 5.56 Å². The topological polar surface area (TPSA) is 29.1 Å². The van der Waals surface area contributed by atoms with Crippen molar-refractivity contribution in [1.29, 1.82) is 0 Å². The zero-order valence-corrected chi connectivity index (χ0v) is 18.4. The van der Waals surface area contributed by atoms with E-state index >= 15 is 0 Å². The SMILES string of the molecule is CC(C)Cc1ccc(C(C)C(=O)NCCCC[N+](C)(C)C)cc1.[I-]. The molecule has 1 N–H and O–H groups in total. The van der Waals surface area contributed by atoms with Crippen molar-refractivity contribution in [3.63, 3.8) is 0 Å². The van der Waals surface area contributed by atoms with Crippen molar-refractivity contribution in [2.24, 2.45) is 5.92 Å². The van der Waals surface area contributed by atoms with Crippen LogP contribution in [0.25, 0.3) is 0 Å². The van der Waals surface area contributed by atoms with Gasteiger partial charge in [0.15, 0.2) is 0 Å². The molecule has 0 saturated carbocycles. The van der Waals surface area contributed by atoms with Crippen LogP contribution in [0.3, 0.4) is 0 Å². The molecule has 1 aromatic rings. The third-order valence-corrected chi connectivity index (χ3v) is 4.07. The van der Waals surface area contributed by atoms with E-state index in [1.807, 2.05) is 6.92 Å². The molecule has 24 heavy (non-hydrogen) atoms. The maximum Gasteiger partial charge on any atom is 0.227 e. The quantitative estimate of drug-likeness (QED) is 0.336. The Balaban J connectivity index is 0.00000529. The highest BCUT2D eigenvalue weighted by Gasteiger charge is 2.15. The van der Waals surface area contributed by atoms with E-state index in [1.54, 1.807) is 0 Å². The molecule has 0 spiro atoms. The van der Waals surface area contributed by atoms with Gasteiger partial charge in [0.05, 0.1) is 33.6 Å². The molecule has 4 heteroatoms. The fraction of sp³-hybridized carbons (Fsp3) is 0.650. The Morgan fingerprint density at radius 3 is 2.12 bits per heavy atom. The highest BCUT2D eigenvalue weighted by molar-refractivity contribution is 5.83. The Morgan fingerprint density at radius 2 is 1.62 bits per heavy atom. The number of benzene rings is 1. The maximum absolute atomic E-state index is 12.3. The first-order valence-electron chi connectivity index (χ1n) is 8.86. The van der Waals surface area contributed by atoms with Gasteiger partial charge in [0, 0.05) is 6.54 Å². The van der Waals surface area contributed by atoms with Gasteiger partial charge in [-0.1, -0.05) is 38.1 Å². The Labute approximate surface area is 165 Å². The van der Waals surface area contributed by atoms with E-state index in [0.717, 1.165) is 42.4 Å². The molecule has 3 nitrogen and oxygen atoms in total. The minimum Gasteiger partial charge on any atom is -1.00 e. The first-order chi connectivity index (χ1) is 10.7. The first kappa shape index (κ1) is 23.4. The lowest BCUT2D eigenvalue weighted by Crippen LogP contribution is -3.00. The fourth-order valence-electron chi connectivity index (χ4n) is 2.64. The average Bonchev–Trinajstić information content (AvgIpc) is 2.45. The molecule has 0 aliphatic carbocycles. The van der Waals surface area contributed by atoms with E-state index in [4.69, 9.17) is 0 Å². The number of unbranched alkanes of at least 4 members (excludes halogenated alkanes) is 1. The van der Waals surface area contributed by atoms with Gasteiger partial charge in [-0.05, 0) is 43.2 Å². The third kappa shape index (κ3) is 9.62. The lowest BCUT2D eigenvalue weighted by atomic mass is 9.96. The van der Waals surface area contributed by atoms with E-state index < -0.39 is 0 Å². The van der Waals surface area contributed by atoms with Crippen LogP contribution in [-0.4, -0.2) is 44.6 Å². The summed E-state index contributed by atoms with van der Waals surface area (Å²) in [7, 11) is 6.59. The zero-order valence-electron chi connectivity index (χ0n) is 16.2. The van der Waals surface area contributed by atoms with Crippen molar-refractivity contribution >= 4 is 5.91 Å². The molecule has 0 aliphatic rings. The third-order valence-electron chi connectivity index (χ3n) is 4.07. The molecular formula is C20H35IN2O. The van der Waals surface area contributed by atoms with Gasteiger partial charge in [0.2, 0.25) is 5.91 Å². The summed E-state index contributed by atoms with van der Waals surface area (Å²) in [5.74, 6) is 0.710. The zero-order chi connectivity index (χ0) is 17.5. The minimum absolute atomic E-state index is 0. The Hall–Kier alpha value is -0.620. The summed E-state index contributed by atoms with van der Waals surface area (Å²) in [4.78, 5) is 12.3. The van der Waals surface area contributed by atoms with Crippen molar-refractivity contribution < 1.29 is 33.3 Å². The average molecular weight is 446 g/mol. The number of quaternary nitrogens is 1. The smallest absolute Gasteiger partial charge is 0.227 e. The van der Waals surface area contributed by atoms with Crippen LogP contribution >= 0.6 is 0 Å². The van der Waals surface area contributed by atoms with Crippen LogP contribution < -0.4 is 29.3 Å². The molecule has 1 amide bonds.